The Bertz CT molecular complexity index is 632. The molecule has 0 bridgehead atoms. The van der Waals surface area contributed by atoms with Crippen molar-refractivity contribution in [2.24, 2.45) is 0 Å². The van der Waals surface area contributed by atoms with E-state index in [0.717, 1.165) is 31.5 Å². The second kappa shape index (κ2) is 6.83. The third-order valence-corrected chi connectivity index (χ3v) is 4.63. The van der Waals surface area contributed by atoms with E-state index in [-0.39, 0.29) is 0 Å². The second-order valence-electron chi connectivity index (χ2n) is 4.40. The summed E-state index contributed by atoms with van der Waals surface area (Å²) in [6.07, 6.45) is 0. The molecule has 5 heteroatoms. The molecule has 0 heterocycles. The van der Waals surface area contributed by atoms with Crippen LogP contribution >= 0.6 is 43.5 Å². The highest BCUT2D eigenvalue weighted by Gasteiger charge is 2.08. The number of hydrogen-bond donors (Lipinski definition) is 1. The summed E-state index contributed by atoms with van der Waals surface area (Å²) in [4.78, 5) is 0. The fourth-order valence-electron chi connectivity index (χ4n) is 1.94. The van der Waals surface area contributed by atoms with Gasteiger partial charge in [0.05, 0.1) is 17.8 Å². The summed E-state index contributed by atoms with van der Waals surface area (Å²) in [6.45, 7) is 2.73. The molecule has 2 aromatic carbocycles. The molecule has 0 aliphatic heterocycles. The van der Waals surface area contributed by atoms with E-state index in [9.17, 15) is 0 Å². The Hall–Kier alpha value is -0.710. The number of nitrogens with one attached hydrogen (secondary N) is 1. The van der Waals surface area contributed by atoms with Gasteiger partial charge in [-0.1, -0.05) is 33.6 Å². The molecular weight excluding hydrogens is 405 g/mol. The van der Waals surface area contributed by atoms with Crippen LogP contribution in [0.25, 0.3) is 0 Å². The first kappa shape index (κ1) is 15.7. The minimum Gasteiger partial charge on any atom is -0.495 e. The second-order valence-corrected chi connectivity index (χ2v) is 6.58. The zero-order valence-electron chi connectivity index (χ0n) is 11.1. The summed E-state index contributed by atoms with van der Waals surface area (Å²) in [5.74, 6) is 0.820. The lowest BCUT2D eigenvalue weighted by Gasteiger charge is -2.15. The largest absolute Gasteiger partial charge is 0.495 e. The smallest absolute Gasteiger partial charge is 0.143 e. The predicted octanol–water partition coefficient (Wildman–Crippen LogP) is 5.79. The van der Waals surface area contributed by atoms with E-state index < -0.39 is 0 Å². The van der Waals surface area contributed by atoms with Crippen LogP contribution in [0.5, 0.6) is 5.75 Å². The third-order valence-electron chi connectivity index (χ3n) is 2.94. The summed E-state index contributed by atoms with van der Waals surface area (Å²) in [7, 11) is 1.67. The molecule has 2 aromatic rings. The van der Waals surface area contributed by atoms with Gasteiger partial charge >= 0.3 is 0 Å². The van der Waals surface area contributed by atoms with Crippen LogP contribution in [-0.2, 0) is 6.54 Å². The van der Waals surface area contributed by atoms with Gasteiger partial charge in [-0.15, -0.1) is 0 Å². The summed E-state index contributed by atoms with van der Waals surface area (Å²) in [6, 6.07) is 9.93. The van der Waals surface area contributed by atoms with Gasteiger partial charge < -0.3 is 10.1 Å². The fraction of sp³-hybridized carbons (Fsp3) is 0.200. The molecule has 0 atom stereocenters. The Labute approximate surface area is 140 Å². The quantitative estimate of drug-likeness (QED) is 0.677. The summed E-state index contributed by atoms with van der Waals surface area (Å²) in [5, 5.41) is 4.11. The molecule has 0 aromatic heterocycles. The number of methoxy groups -OCH3 is 1. The van der Waals surface area contributed by atoms with Crippen LogP contribution in [0.1, 0.15) is 11.1 Å². The Morgan fingerprint density at radius 3 is 2.60 bits per heavy atom. The number of benzene rings is 2. The lowest BCUT2D eigenvalue weighted by atomic mass is 10.1. The average Bonchev–Trinajstić information content (AvgIpc) is 2.40. The standard InChI is InChI=1S/C15H14Br2ClNO/c1-9-5-11(16)7-14(20-2)15(9)19-8-10-3-4-12(17)13(18)6-10/h3-7,19H,8H2,1-2H3. The Morgan fingerprint density at radius 2 is 1.95 bits per heavy atom. The number of anilines is 1. The van der Waals surface area contributed by atoms with Crippen LogP contribution in [0.15, 0.2) is 39.3 Å². The highest BCUT2D eigenvalue weighted by molar-refractivity contribution is 9.10. The van der Waals surface area contributed by atoms with Crippen LogP contribution in [0.2, 0.25) is 5.02 Å². The van der Waals surface area contributed by atoms with Crippen LogP contribution in [0, 0.1) is 6.92 Å². The molecule has 0 spiro atoms. The van der Waals surface area contributed by atoms with Crippen molar-refractivity contribution >= 4 is 49.1 Å². The lowest BCUT2D eigenvalue weighted by molar-refractivity contribution is 0.416. The Kier molecular flexibility index (Phi) is 5.35. The normalized spacial score (nSPS) is 10.4. The van der Waals surface area contributed by atoms with Gasteiger partial charge in [0.2, 0.25) is 0 Å². The number of ether oxygens (including phenoxy) is 1. The highest BCUT2D eigenvalue weighted by Crippen LogP contribution is 2.32. The monoisotopic (exact) mass is 417 g/mol. The molecule has 2 nitrogen and oxygen atoms in total. The maximum absolute atomic E-state index is 6.10. The minimum atomic E-state index is 0.686. The van der Waals surface area contributed by atoms with Crippen LogP contribution in [-0.4, -0.2) is 7.11 Å². The summed E-state index contributed by atoms with van der Waals surface area (Å²) in [5.41, 5.74) is 3.23. The minimum absolute atomic E-state index is 0.686. The van der Waals surface area contributed by atoms with E-state index in [1.807, 2.05) is 31.2 Å². The first-order valence-electron chi connectivity index (χ1n) is 6.03. The van der Waals surface area contributed by atoms with Crippen molar-refractivity contribution in [2.45, 2.75) is 13.5 Å². The zero-order valence-corrected chi connectivity index (χ0v) is 15.1. The molecule has 0 aliphatic carbocycles. The number of aryl methyl sites for hydroxylation is 1. The molecule has 20 heavy (non-hydrogen) atoms. The molecule has 2 rings (SSSR count). The molecular formula is C15H14Br2ClNO. The maximum Gasteiger partial charge on any atom is 0.143 e. The number of halogens is 3. The first-order valence-corrected chi connectivity index (χ1v) is 7.99. The van der Waals surface area contributed by atoms with E-state index >= 15 is 0 Å². The van der Waals surface area contributed by atoms with Crippen molar-refractivity contribution in [3.8, 4) is 5.75 Å². The van der Waals surface area contributed by atoms with Crippen molar-refractivity contribution < 1.29 is 4.74 Å². The Morgan fingerprint density at radius 1 is 1.20 bits per heavy atom. The first-order chi connectivity index (χ1) is 9.51. The molecule has 0 aliphatic rings. The third kappa shape index (κ3) is 3.68. The molecule has 0 unspecified atom stereocenters. The lowest BCUT2D eigenvalue weighted by Crippen LogP contribution is -2.03. The Balaban J connectivity index is 2.20. The van der Waals surface area contributed by atoms with Gasteiger partial charge in [0.25, 0.3) is 0 Å². The van der Waals surface area contributed by atoms with Crippen molar-refractivity contribution in [2.75, 3.05) is 12.4 Å². The summed E-state index contributed by atoms with van der Waals surface area (Å²) < 4.78 is 7.32. The molecule has 0 saturated carbocycles. The molecule has 0 saturated heterocycles. The summed E-state index contributed by atoms with van der Waals surface area (Å²) >= 11 is 13.0. The van der Waals surface area contributed by atoms with Crippen molar-refractivity contribution in [1.82, 2.24) is 0 Å². The molecule has 0 amide bonds. The van der Waals surface area contributed by atoms with E-state index in [1.54, 1.807) is 7.11 Å². The number of rotatable bonds is 4. The van der Waals surface area contributed by atoms with Crippen molar-refractivity contribution in [1.29, 1.82) is 0 Å². The fourth-order valence-corrected chi connectivity index (χ4v) is 2.94. The van der Waals surface area contributed by atoms with Gasteiger partial charge in [0, 0.05) is 15.5 Å². The van der Waals surface area contributed by atoms with E-state index in [1.165, 1.54) is 0 Å². The SMILES string of the molecule is COc1cc(Br)cc(C)c1NCc1ccc(Br)c(Cl)c1. The van der Waals surface area contributed by atoms with E-state index in [0.29, 0.717) is 11.6 Å². The van der Waals surface area contributed by atoms with Crippen LogP contribution < -0.4 is 10.1 Å². The van der Waals surface area contributed by atoms with Crippen molar-refractivity contribution in [3.05, 3.63) is 55.4 Å². The molecule has 1 N–H and O–H groups in total. The molecule has 0 radical (unpaired) electrons. The molecule has 0 fully saturated rings. The topological polar surface area (TPSA) is 21.3 Å². The van der Waals surface area contributed by atoms with E-state index in [2.05, 4.69) is 43.2 Å². The number of hydrogen-bond acceptors (Lipinski definition) is 2. The average molecular weight is 420 g/mol. The predicted molar refractivity (Wildman–Crippen MR) is 91.9 cm³/mol. The van der Waals surface area contributed by atoms with Gasteiger partial charge in [0.15, 0.2) is 0 Å². The molecule has 106 valence electrons. The van der Waals surface area contributed by atoms with Crippen LogP contribution in [0.3, 0.4) is 0 Å². The van der Waals surface area contributed by atoms with Gasteiger partial charge in [-0.05, 0) is 58.2 Å². The van der Waals surface area contributed by atoms with Gasteiger partial charge in [-0.2, -0.15) is 0 Å². The highest BCUT2D eigenvalue weighted by atomic mass is 79.9. The van der Waals surface area contributed by atoms with Gasteiger partial charge in [-0.25, -0.2) is 0 Å². The van der Waals surface area contributed by atoms with Crippen LogP contribution in [0.4, 0.5) is 5.69 Å². The van der Waals surface area contributed by atoms with Gasteiger partial charge in [-0.3, -0.25) is 0 Å². The zero-order chi connectivity index (χ0) is 14.7. The maximum atomic E-state index is 6.10. The van der Waals surface area contributed by atoms with Gasteiger partial charge in [0.1, 0.15) is 5.75 Å². The van der Waals surface area contributed by atoms with E-state index in [4.69, 9.17) is 16.3 Å². The van der Waals surface area contributed by atoms with Crippen molar-refractivity contribution in [3.63, 3.8) is 0 Å².